The molecule has 0 bridgehead atoms. The Morgan fingerprint density at radius 2 is 1.89 bits per heavy atom. The molecule has 2 rings (SSSR count). The number of alkyl carbamates (subject to hydrolysis) is 1. The van der Waals surface area contributed by atoms with Gasteiger partial charge in [0.2, 0.25) is 0 Å². The monoisotopic (exact) mass is 251 g/mol. The largest absolute Gasteiger partial charge is 0.496 e. The van der Waals surface area contributed by atoms with E-state index in [2.05, 4.69) is 5.32 Å². The van der Waals surface area contributed by atoms with Crippen LogP contribution in [0, 0.1) is 6.92 Å². The van der Waals surface area contributed by atoms with Gasteiger partial charge in [-0.1, -0.05) is 0 Å². The van der Waals surface area contributed by atoms with E-state index < -0.39 is 6.09 Å². The molecule has 0 unspecified atom stereocenters. The van der Waals surface area contributed by atoms with Crippen molar-refractivity contribution in [2.45, 2.75) is 19.4 Å². The molecule has 1 aromatic carbocycles. The van der Waals surface area contributed by atoms with Gasteiger partial charge in [0.1, 0.15) is 11.5 Å². The molecule has 1 fully saturated rings. The van der Waals surface area contributed by atoms with E-state index in [1.54, 1.807) is 14.2 Å². The minimum Gasteiger partial charge on any atom is -0.496 e. The van der Waals surface area contributed by atoms with Gasteiger partial charge < -0.3 is 19.5 Å². The molecule has 0 spiro atoms. The van der Waals surface area contributed by atoms with Crippen molar-refractivity contribution in [2.75, 3.05) is 20.8 Å². The number of carbonyl (C=O) groups is 1. The summed E-state index contributed by atoms with van der Waals surface area (Å²) in [7, 11) is 3.22. The molecule has 0 aliphatic carbocycles. The van der Waals surface area contributed by atoms with Crippen molar-refractivity contribution in [3.8, 4) is 11.5 Å². The van der Waals surface area contributed by atoms with Gasteiger partial charge in [-0.3, -0.25) is 0 Å². The average Bonchev–Trinajstić information content (AvgIpc) is 2.37. The van der Waals surface area contributed by atoms with Crippen molar-refractivity contribution in [3.63, 3.8) is 0 Å². The highest BCUT2D eigenvalue weighted by molar-refractivity contribution is 5.69. The van der Waals surface area contributed by atoms with Gasteiger partial charge in [0.25, 0.3) is 0 Å². The summed E-state index contributed by atoms with van der Waals surface area (Å²) in [4.78, 5) is 11.3. The fourth-order valence-electron chi connectivity index (χ4n) is 2.16. The molecule has 1 heterocycles. The van der Waals surface area contributed by atoms with Crippen molar-refractivity contribution in [1.82, 2.24) is 5.32 Å². The van der Waals surface area contributed by atoms with Crippen molar-refractivity contribution in [2.24, 2.45) is 0 Å². The number of hydrogen-bond acceptors (Lipinski definition) is 4. The molecular formula is C13H17NO4. The number of carbonyl (C=O) groups excluding carboxylic acids is 1. The quantitative estimate of drug-likeness (QED) is 0.894. The molecular weight excluding hydrogens is 234 g/mol. The number of rotatable bonds is 3. The summed E-state index contributed by atoms with van der Waals surface area (Å²) in [6, 6.07) is 3.72. The molecule has 1 saturated heterocycles. The Morgan fingerprint density at radius 1 is 1.28 bits per heavy atom. The smallest absolute Gasteiger partial charge is 0.407 e. The van der Waals surface area contributed by atoms with Gasteiger partial charge in [-0.2, -0.15) is 0 Å². The van der Waals surface area contributed by atoms with Crippen LogP contribution in [0.1, 0.15) is 23.6 Å². The Kier molecular flexibility index (Phi) is 3.60. The molecule has 1 aliphatic heterocycles. The predicted molar refractivity (Wildman–Crippen MR) is 66.1 cm³/mol. The van der Waals surface area contributed by atoms with Crippen molar-refractivity contribution in [1.29, 1.82) is 0 Å². The lowest BCUT2D eigenvalue weighted by Gasteiger charge is -2.26. The zero-order valence-corrected chi connectivity index (χ0v) is 10.8. The summed E-state index contributed by atoms with van der Waals surface area (Å²) in [5.41, 5.74) is 1.91. The second kappa shape index (κ2) is 5.16. The first-order valence-electron chi connectivity index (χ1n) is 5.81. The number of hydrogen-bond donors (Lipinski definition) is 1. The molecule has 0 radical (unpaired) electrons. The maximum atomic E-state index is 11.3. The fraction of sp³-hybridized carbons (Fsp3) is 0.462. The van der Waals surface area contributed by atoms with E-state index in [0.717, 1.165) is 22.6 Å². The molecule has 5 heteroatoms. The lowest BCUT2D eigenvalue weighted by molar-refractivity contribution is 0.114. The predicted octanol–water partition coefficient (Wildman–Crippen LogP) is 2.18. The SMILES string of the molecule is COc1cc(C)cc(OC)c1[C@@H]1CCOC(=O)N1. The Bertz CT molecular complexity index is 433. The summed E-state index contributed by atoms with van der Waals surface area (Å²) < 4.78 is 15.6. The summed E-state index contributed by atoms with van der Waals surface area (Å²) in [6.07, 6.45) is 0.289. The number of ether oxygens (including phenoxy) is 3. The van der Waals surface area contributed by atoms with E-state index in [1.165, 1.54) is 0 Å². The molecule has 1 N–H and O–H groups in total. The fourth-order valence-corrected chi connectivity index (χ4v) is 2.16. The van der Waals surface area contributed by atoms with Gasteiger partial charge in [-0.15, -0.1) is 0 Å². The number of methoxy groups -OCH3 is 2. The third-order valence-corrected chi connectivity index (χ3v) is 2.97. The van der Waals surface area contributed by atoms with Crippen LogP contribution in [0.5, 0.6) is 11.5 Å². The van der Waals surface area contributed by atoms with Crippen LogP contribution < -0.4 is 14.8 Å². The lowest BCUT2D eigenvalue weighted by atomic mass is 9.99. The van der Waals surface area contributed by atoms with Crippen LogP contribution in [-0.4, -0.2) is 26.9 Å². The first kappa shape index (κ1) is 12.5. The summed E-state index contributed by atoms with van der Waals surface area (Å²) in [5, 5.41) is 2.78. The second-order valence-corrected chi connectivity index (χ2v) is 4.20. The maximum Gasteiger partial charge on any atom is 0.407 e. The summed E-state index contributed by atoms with van der Waals surface area (Å²) in [5.74, 6) is 1.44. The first-order chi connectivity index (χ1) is 8.65. The third-order valence-electron chi connectivity index (χ3n) is 2.97. The maximum absolute atomic E-state index is 11.3. The molecule has 5 nitrogen and oxygen atoms in total. The van der Waals surface area contributed by atoms with Crippen molar-refractivity contribution >= 4 is 6.09 Å². The minimum absolute atomic E-state index is 0.142. The van der Waals surface area contributed by atoms with Crippen molar-refractivity contribution < 1.29 is 19.0 Å². The third kappa shape index (κ3) is 2.34. The highest BCUT2D eigenvalue weighted by Crippen LogP contribution is 2.37. The van der Waals surface area contributed by atoms with E-state index in [1.807, 2.05) is 19.1 Å². The Labute approximate surface area is 106 Å². The Balaban J connectivity index is 2.43. The highest BCUT2D eigenvalue weighted by atomic mass is 16.6. The lowest BCUT2D eigenvalue weighted by Crippen LogP contribution is -2.35. The van der Waals surface area contributed by atoms with Crippen LogP contribution >= 0.6 is 0 Å². The molecule has 1 aliphatic rings. The molecule has 98 valence electrons. The summed E-state index contributed by atoms with van der Waals surface area (Å²) >= 11 is 0. The zero-order chi connectivity index (χ0) is 13.1. The topological polar surface area (TPSA) is 56.8 Å². The minimum atomic E-state index is -0.407. The van der Waals surface area contributed by atoms with Crippen molar-refractivity contribution in [3.05, 3.63) is 23.3 Å². The number of benzene rings is 1. The van der Waals surface area contributed by atoms with E-state index in [0.29, 0.717) is 13.0 Å². The number of aryl methyl sites for hydroxylation is 1. The van der Waals surface area contributed by atoms with Gasteiger partial charge >= 0.3 is 6.09 Å². The van der Waals surface area contributed by atoms with Gasteiger partial charge in [0, 0.05) is 6.42 Å². The van der Waals surface area contributed by atoms with Gasteiger partial charge in [0.05, 0.1) is 32.4 Å². The van der Waals surface area contributed by atoms with Crippen LogP contribution in [-0.2, 0) is 4.74 Å². The van der Waals surface area contributed by atoms with E-state index >= 15 is 0 Å². The molecule has 1 amide bonds. The van der Waals surface area contributed by atoms with Crippen LogP contribution in [0.25, 0.3) is 0 Å². The number of nitrogens with one attached hydrogen (secondary N) is 1. The normalized spacial score (nSPS) is 18.8. The Morgan fingerprint density at radius 3 is 2.39 bits per heavy atom. The summed E-state index contributed by atoms with van der Waals surface area (Å²) in [6.45, 7) is 2.37. The second-order valence-electron chi connectivity index (χ2n) is 4.20. The molecule has 18 heavy (non-hydrogen) atoms. The van der Waals surface area contributed by atoms with Gasteiger partial charge in [-0.25, -0.2) is 4.79 Å². The van der Waals surface area contributed by atoms with E-state index in [-0.39, 0.29) is 6.04 Å². The van der Waals surface area contributed by atoms with Crippen LogP contribution in [0.3, 0.4) is 0 Å². The first-order valence-corrected chi connectivity index (χ1v) is 5.81. The van der Waals surface area contributed by atoms with Crippen LogP contribution in [0.15, 0.2) is 12.1 Å². The molecule has 1 aromatic rings. The average molecular weight is 251 g/mol. The van der Waals surface area contributed by atoms with E-state index in [4.69, 9.17) is 14.2 Å². The Hall–Kier alpha value is -1.91. The molecule has 1 atom stereocenters. The van der Waals surface area contributed by atoms with Gasteiger partial charge in [0.15, 0.2) is 0 Å². The molecule has 0 saturated carbocycles. The molecule has 0 aromatic heterocycles. The number of amides is 1. The zero-order valence-electron chi connectivity index (χ0n) is 10.8. The van der Waals surface area contributed by atoms with Gasteiger partial charge in [-0.05, 0) is 24.6 Å². The standard InChI is InChI=1S/C13H17NO4/c1-8-6-10(16-2)12(11(7-8)17-3)9-4-5-18-13(15)14-9/h6-7,9H,4-5H2,1-3H3,(H,14,15)/t9-/m0/s1. The number of cyclic esters (lactones) is 1. The highest BCUT2D eigenvalue weighted by Gasteiger charge is 2.27. The van der Waals surface area contributed by atoms with Crippen LogP contribution in [0.2, 0.25) is 0 Å². The van der Waals surface area contributed by atoms with Crippen LogP contribution in [0.4, 0.5) is 4.79 Å². The van der Waals surface area contributed by atoms with E-state index in [9.17, 15) is 4.79 Å².